The molecule has 0 aliphatic heterocycles. The Balaban J connectivity index is 2.35. The van der Waals surface area contributed by atoms with Crippen molar-refractivity contribution in [3.05, 3.63) is 23.3 Å². The van der Waals surface area contributed by atoms with E-state index in [1.807, 2.05) is 6.08 Å². The first-order valence-electron chi connectivity index (χ1n) is 4.05. The van der Waals surface area contributed by atoms with Gasteiger partial charge in [-0.3, -0.25) is 0 Å². The maximum absolute atomic E-state index is 8.60. The minimum atomic E-state index is 0.166. The topological polar surface area (TPSA) is 20.2 Å². The van der Waals surface area contributed by atoms with Crippen LogP contribution in [0.4, 0.5) is 0 Å². The van der Waals surface area contributed by atoms with Crippen LogP contribution in [-0.2, 0) is 0 Å². The molecule has 0 unspecified atom stereocenters. The smallest absolute Gasteiger partial charge is 0.0615 e. The molecular weight excluding hydrogens is 136 g/mol. The monoisotopic (exact) mass is 152 g/mol. The Morgan fingerprint density at radius 2 is 2.18 bits per heavy atom. The summed E-state index contributed by atoms with van der Waals surface area (Å²) in [6, 6.07) is 0. The van der Waals surface area contributed by atoms with Crippen LogP contribution in [0.5, 0.6) is 0 Å². The van der Waals surface area contributed by atoms with E-state index in [0.29, 0.717) is 5.41 Å². The highest BCUT2D eigenvalue weighted by atomic mass is 16.2. The summed E-state index contributed by atoms with van der Waals surface area (Å²) in [5.74, 6) is 0. The molecule has 1 nitrogen and oxygen atoms in total. The quantitative estimate of drug-likeness (QED) is 0.615. The second kappa shape index (κ2) is 2.82. The molecule has 0 spiro atoms. The lowest BCUT2D eigenvalue weighted by Crippen LogP contribution is -1.91. The Bertz CT molecular complexity index is 209. The second-order valence-corrected chi connectivity index (χ2v) is 3.80. The summed E-state index contributed by atoms with van der Waals surface area (Å²) in [5.41, 5.74) is 3.13. The van der Waals surface area contributed by atoms with Crippen molar-refractivity contribution < 1.29 is 5.11 Å². The molecule has 0 heterocycles. The van der Waals surface area contributed by atoms with Gasteiger partial charge in [0.05, 0.1) is 6.61 Å². The summed E-state index contributed by atoms with van der Waals surface area (Å²) in [6.07, 6.45) is 5.19. The highest BCUT2D eigenvalue weighted by Gasteiger charge is 2.32. The van der Waals surface area contributed by atoms with Crippen molar-refractivity contribution in [2.24, 2.45) is 5.41 Å². The van der Waals surface area contributed by atoms with Crippen molar-refractivity contribution in [3.63, 3.8) is 0 Å². The maximum atomic E-state index is 8.60. The Kier molecular flexibility index (Phi) is 2.19. The maximum Gasteiger partial charge on any atom is 0.0615 e. The lowest BCUT2D eigenvalue weighted by molar-refractivity contribution is 0.341. The van der Waals surface area contributed by atoms with Crippen LogP contribution in [0.1, 0.15) is 27.2 Å². The molecule has 1 N–H and O–H groups in total. The minimum Gasteiger partial charge on any atom is -0.392 e. The van der Waals surface area contributed by atoms with E-state index < -0.39 is 0 Å². The van der Waals surface area contributed by atoms with E-state index in [4.69, 9.17) is 5.11 Å². The van der Waals surface area contributed by atoms with Gasteiger partial charge in [-0.05, 0) is 13.3 Å². The zero-order chi connectivity index (χ0) is 8.48. The summed E-state index contributed by atoms with van der Waals surface area (Å²) in [6.45, 7) is 6.66. The molecule has 1 heteroatoms. The number of aliphatic hydroxyl groups is 1. The Labute approximate surface area is 68.4 Å². The third-order valence-corrected chi connectivity index (χ3v) is 2.19. The van der Waals surface area contributed by atoms with Crippen LogP contribution in [0.2, 0.25) is 0 Å². The lowest BCUT2D eigenvalue weighted by Gasteiger charge is -2.03. The summed E-state index contributed by atoms with van der Waals surface area (Å²) >= 11 is 0. The fraction of sp³-hybridized carbons (Fsp3) is 0.600. The molecule has 11 heavy (non-hydrogen) atoms. The fourth-order valence-electron chi connectivity index (χ4n) is 1.21. The standard InChI is InChI=1S/C10H16O/c1-8(4-5-11)6-9-7-10(9,2)3/h4,7,11H,5-6H2,1-3H3/b8-4+. The predicted molar refractivity (Wildman–Crippen MR) is 47.3 cm³/mol. The molecule has 0 radical (unpaired) electrons. The summed E-state index contributed by atoms with van der Waals surface area (Å²) in [7, 11) is 0. The first-order valence-corrected chi connectivity index (χ1v) is 4.05. The van der Waals surface area contributed by atoms with Gasteiger partial charge in [-0.15, -0.1) is 0 Å². The van der Waals surface area contributed by atoms with Crippen LogP contribution in [0.25, 0.3) is 0 Å². The van der Waals surface area contributed by atoms with Gasteiger partial charge in [-0.1, -0.05) is 37.1 Å². The lowest BCUT2D eigenvalue weighted by atomic mass is 10.0. The van der Waals surface area contributed by atoms with Gasteiger partial charge in [0.25, 0.3) is 0 Å². The van der Waals surface area contributed by atoms with Crippen LogP contribution < -0.4 is 0 Å². The number of aliphatic hydroxyl groups excluding tert-OH is 1. The number of rotatable bonds is 3. The third kappa shape index (κ3) is 2.19. The van der Waals surface area contributed by atoms with Gasteiger partial charge in [0.2, 0.25) is 0 Å². The van der Waals surface area contributed by atoms with Crippen LogP contribution in [0.15, 0.2) is 23.3 Å². The molecule has 0 aromatic carbocycles. The van der Waals surface area contributed by atoms with E-state index in [1.54, 1.807) is 0 Å². The van der Waals surface area contributed by atoms with Crippen molar-refractivity contribution in [3.8, 4) is 0 Å². The summed E-state index contributed by atoms with van der Waals surface area (Å²) in [5, 5.41) is 8.60. The molecule has 0 atom stereocenters. The highest BCUT2D eigenvalue weighted by molar-refractivity contribution is 5.38. The average Bonchev–Trinajstić information content (AvgIpc) is 2.39. The van der Waals surface area contributed by atoms with E-state index in [1.165, 1.54) is 11.1 Å². The van der Waals surface area contributed by atoms with Crippen LogP contribution in [-0.4, -0.2) is 11.7 Å². The Morgan fingerprint density at radius 3 is 2.55 bits per heavy atom. The molecule has 0 saturated heterocycles. The van der Waals surface area contributed by atoms with Crippen LogP contribution in [0.3, 0.4) is 0 Å². The van der Waals surface area contributed by atoms with Crippen molar-refractivity contribution >= 4 is 0 Å². The first-order chi connectivity index (χ1) is 5.06. The minimum absolute atomic E-state index is 0.166. The molecule has 62 valence electrons. The number of hydrogen-bond acceptors (Lipinski definition) is 1. The van der Waals surface area contributed by atoms with Crippen molar-refractivity contribution in [2.45, 2.75) is 27.2 Å². The molecule has 0 aromatic rings. The van der Waals surface area contributed by atoms with Gasteiger partial charge in [0.15, 0.2) is 0 Å². The van der Waals surface area contributed by atoms with Gasteiger partial charge < -0.3 is 5.11 Å². The zero-order valence-corrected chi connectivity index (χ0v) is 7.52. The van der Waals surface area contributed by atoms with E-state index in [-0.39, 0.29) is 6.61 Å². The van der Waals surface area contributed by atoms with Gasteiger partial charge in [0.1, 0.15) is 0 Å². The molecule has 0 amide bonds. The molecular formula is C10H16O. The summed E-state index contributed by atoms with van der Waals surface area (Å²) < 4.78 is 0. The fourth-order valence-corrected chi connectivity index (χ4v) is 1.21. The van der Waals surface area contributed by atoms with Crippen LogP contribution >= 0.6 is 0 Å². The van der Waals surface area contributed by atoms with Gasteiger partial charge in [0, 0.05) is 5.41 Å². The number of allylic oxidation sites excluding steroid dienone is 3. The average molecular weight is 152 g/mol. The summed E-state index contributed by atoms with van der Waals surface area (Å²) in [4.78, 5) is 0. The molecule has 0 bridgehead atoms. The zero-order valence-electron chi connectivity index (χ0n) is 7.52. The molecule has 1 rings (SSSR count). The first kappa shape index (κ1) is 8.54. The Morgan fingerprint density at radius 1 is 1.64 bits per heavy atom. The Hall–Kier alpha value is -0.560. The van der Waals surface area contributed by atoms with Crippen molar-refractivity contribution in [1.82, 2.24) is 0 Å². The molecule has 1 aliphatic carbocycles. The van der Waals surface area contributed by atoms with Gasteiger partial charge in [-0.2, -0.15) is 0 Å². The van der Waals surface area contributed by atoms with E-state index in [9.17, 15) is 0 Å². The second-order valence-electron chi connectivity index (χ2n) is 3.80. The molecule has 0 saturated carbocycles. The molecule has 0 fully saturated rings. The van der Waals surface area contributed by atoms with E-state index in [2.05, 4.69) is 26.8 Å². The molecule has 0 aromatic heterocycles. The van der Waals surface area contributed by atoms with Crippen LogP contribution in [0, 0.1) is 5.41 Å². The van der Waals surface area contributed by atoms with E-state index in [0.717, 1.165) is 6.42 Å². The number of hydrogen-bond donors (Lipinski definition) is 1. The van der Waals surface area contributed by atoms with E-state index >= 15 is 0 Å². The predicted octanol–water partition coefficient (Wildman–Crippen LogP) is 2.28. The third-order valence-electron chi connectivity index (χ3n) is 2.19. The van der Waals surface area contributed by atoms with Crippen molar-refractivity contribution in [1.29, 1.82) is 0 Å². The SMILES string of the molecule is C/C(=C\CO)CC1=CC1(C)C. The molecule has 1 aliphatic rings. The normalized spacial score (nSPS) is 21.5. The van der Waals surface area contributed by atoms with Gasteiger partial charge >= 0.3 is 0 Å². The highest BCUT2D eigenvalue weighted by Crippen LogP contribution is 2.46. The van der Waals surface area contributed by atoms with Crippen molar-refractivity contribution in [2.75, 3.05) is 6.61 Å². The largest absolute Gasteiger partial charge is 0.392 e. The van der Waals surface area contributed by atoms with Gasteiger partial charge in [-0.25, -0.2) is 0 Å².